The van der Waals surface area contributed by atoms with Crippen LogP contribution in [-0.4, -0.2) is 21.8 Å². The highest BCUT2D eigenvalue weighted by Crippen LogP contribution is 2.45. The Labute approximate surface area is 206 Å². The molecule has 0 bridgehead atoms. The van der Waals surface area contributed by atoms with E-state index >= 15 is 0 Å². The van der Waals surface area contributed by atoms with Gasteiger partial charge >= 0.3 is 0 Å². The number of Topliss-reactive ketones (excluding diaryl/α,β-unsaturated/α-hetero) is 1. The van der Waals surface area contributed by atoms with E-state index in [0.717, 1.165) is 4.70 Å². The lowest BCUT2D eigenvalue weighted by Crippen LogP contribution is -2.31. The number of thiazole rings is 1. The Hall–Kier alpha value is -2.84. The molecule has 1 amide bonds. The van der Waals surface area contributed by atoms with E-state index in [2.05, 4.69) is 4.98 Å². The van der Waals surface area contributed by atoms with Crippen molar-refractivity contribution in [1.29, 1.82) is 0 Å². The highest BCUT2D eigenvalue weighted by atomic mass is 35.5. The van der Waals surface area contributed by atoms with Crippen molar-refractivity contribution in [1.82, 2.24) is 4.98 Å². The van der Waals surface area contributed by atoms with Crippen LogP contribution in [0.1, 0.15) is 27.9 Å². The molecule has 0 fully saturated rings. The number of aliphatic hydroxyl groups is 1. The van der Waals surface area contributed by atoms with Crippen LogP contribution in [0.2, 0.25) is 15.1 Å². The molecule has 166 valence electrons. The zero-order valence-corrected chi connectivity index (χ0v) is 19.9. The Kier molecular flexibility index (Phi) is 5.45. The quantitative estimate of drug-likeness (QED) is 0.295. The second kappa shape index (κ2) is 8.18. The number of nitrogens with zero attached hydrogens (tertiary/aromatic N) is 2. The zero-order valence-electron chi connectivity index (χ0n) is 16.8. The minimum Gasteiger partial charge on any atom is -0.503 e. The Bertz CT molecular complexity index is 1490. The summed E-state index contributed by atoms with van der Waals surface area (Å²) in [5.74, 6) is -1.53. The van der Waals surface area contributed by atoms with Gasteiger partial charge < -0.3 is 9.52 Å². The summed E-state index contributed by atoms with van der Waals surface area (Å²) in [6, 6.07) is 12.0. The number of furan rings is 1. The summed E-state index contributed by atoms with van der Waals surface area (Å²) in [4.78, 5) is 32.4. The zero-order chi connectivity index (χ0) is 23.4. The summed E-state index contributed by atoms with van der Waals surface area (Å²) in [5, 5.41) is 12.2. The number of carbonyl (C=O) groups is 2. The third-order valence-corrected chi connectivity index (χ3v) is 7.21. The molecule has 1 atom stereocenters. The molecule has 0 radical (unpaired) electrons. The van der Waals surface area contributed by atoms with Crippen LogP contribution in [0.4, 0.5) is 5.13 Å². The van der Waals surface area contributed by atoms with Gasteiger partial charge in [-0.3, -0.25) is 14.5 Å². The Morgan fingerprint density at radius 2 is 1.88 bits per heavy atom. The number of hydrogen-bond acceptors (Lipinski definition) is 6. The number of fused-ring (bicyclic) bond motifs is 1. The van der Waals surface area contributed by atoms with Gasteiger partial charge in [0.25, 0.3) is 5.91 Å². The van der Waals surface area contributed by atoms with Crippen molar-refractivity contribution in [3.8, 4) is 0 Å². The first kappa shape index (κ1) is 22.0. The molecule has 0 saturated carbocycles. The molecule has 1 aliphatic heterocycles. The number of ketones is 1. The largest absolute Gasteiger partial charge is 0.503 e. The lowest BCUT2D eigenvalue weighted by Gasteiger charge is -2.24. The number of halogens is 3. The number of carbonyl (C=O) groups excluding carboxylic acids is 2. The maximum atomic E-state index is 13.4. The first-order valence-electron chi connectivity index (χ1n) is 9.63. The predicted molar refractivity (Wildman–Crippen MR) is 129 cm³/mol. The number of aryl methyl sites for hydroxylation is 1. The van der Waals surface area contributed by atoms with E-state index in [1.54, 1.807) is 49.4 Å². The minimum absolute atomic E-state index is 0.00448. The molecule has 33 heavy (non-hydrogen) atoms. The van der Waals surface area contributed by atoms with Crippen LogP contribution in [0.25, 0.3) is 10.2 Å². The van der Waals surface area contributed by atoms with Crippen LogP contribution >= 0.6 is 46.1 Å². The van der Waals surface area contributed by atoms with Crippen molar-refractivity contribution in [3.63, 3.8) is 0 Å². The van der Waals surface area contributed by atoms with Gasteiger partial charge in [-0.2, -0.15) is 0 Å². The van der Waals surface area contributed by atoms with Crippen LogP contribution in [-0.2, 0) is 4.79 Å². The molecule has 3 heterocycles. The molecule has 0 spiro atoms. The number of benzene rings is 2. The van der Waals surface area contributed by atoms with E-state index in [-0.39, 0.29) is 16.4 Å². The van der Waals surface area contributed by atoms with Crippen LogP contribution < -0.4 is 4.90 Å². The number of aromatic nitrogens is 1. The fraction of sp³-hybridized carbons (Fsp3) is 0.0870. The summed E-state index contributed by atoms with van der Waals surface area (Å²) in [5.41, 5.74) is 0.969. The van der Waals surface area contributed by atoms with E-state index in [0.29, 0.717) is 32.0 Å². The maximum Gasteiger partial charge on any atom is 0.296 e. The molecule has 4 aromatic rings. The average Bonchev–Trinajstić information content (AvgIpc) is 3.46. The molecule has 2 aromatic carbocycles. The van der Waals surface area contributed by atoms with Gasteiger partial charge in [-0.25, -0.2) is 4.98 Å². The van der Waals surface area contributed by atoms with E-state index in [4.69, 9.17) is 39.2 Å². The second-order valence-corrected chi connectivity index (χ2v) is 9.62. The minimum atomic E-state index is -0.999. The third-order valence-electron chi connectivity index (χ3n) is 5.22. The molecule has 2 aromatic heterocycles. The van der Waals surface area contributed by atoms with Gasteiger partial charge in [0.05, 0.1) is 31.9 Å². The molecule has 1 unspecified atom stereocenters. The van der Waals surface area contributed by atoms with Crippen molar-refractivity contribution < 1.29 is 19.1 Å². The van der Waals surface area contributed by atoms with Gasteiger partial charge in [0.2, 0.25) is 5.78 Å². The molecule has 5 rings (SSSR count). The van der Waals surface area contributed by atoms with Crippen LogP contribution in [0.3, 0.4) is 0 Å². The van der Waals surface area contributed by atoms with E-state index in [9.17, 15) is 14.7 Å². The van der Waals surface area contributed by atoms with Crippen molar-refractivity contribution in [3.05, 3.63) is 92.0 Å². The van der Waals surface area contributed by atoms with E-state index < -0.39 is 23.5 Å². The lowest BCUT2D eigenvalue weighted by molar-refractivity contribution is -0.117. The summed E-state index contributed by atoms with van der Waals surface area (Å²) >= 11 is 19.6. The van der Waals surface area contributed by atoms with Gasteiger partial charge in [-0.05, 0) is 55.0 Å². The number of rotatable bonds is 4. The second-order valence-electron chi connectivity index (χ2n) is 7.36. The van der Waals surface area contributed by atoms with Crippen LogP contribution in [0.15, 0.2) is 64.3 Å². The molecule has 0 aliphatic carbocycles. The fourth-order valence-corrected chi connectivity index (χ4v) is 5.29. The van der Waals surface area contributed by atoms with Crippen molar-refractivity contribution in [2.75, 3.05) is 4.90 Å². The Balaban J connectivity index is 1.70. The summed E-state index contributed by atoms with van der Waals surface area (Å²) < 4.78 is 6.22. The maximum absolute atomic E-state index is 13.4. The summed E-state index contributed by atoms with van der Waals surface area (Å²) in [7, 11) is 0. The van der Waals surface area contributed by atoms with E-state index in [1.165, 1.54) is 22.3 Å². The monoisotopic (exact) mass is 518 g/mol. The molecule has 1 aliphatic rings. The van der Waals surface area contributed by atoms with Gasteiger partial charge in [-0.15, -0.1) is 0 Å². The SMILES string of the molecule is Cc1ccc(C(=O)C2=C(O)C(=O)N(c3nc4ccc(Cl)cc4s3)C2c2ccc(Cl)c(Cl)c2)o1. The summed E-state index contributed by atoms with van der Waals surface area (Å²) in [6.45, 7) is 1.69. The number of hydrogen-bond donors (Lipinski definition) is 1. The molecular weight excluding hydrogens is 507 g/mol. The standard InChI is InChI=1S/C23H13Cl3N2O4S/c1-10-2-7-16(32-10)20(29)18-19(11-3-5-13(25)14(26)8-11)28(22(31)21(18)30)23-27-15-6-4-12(24)9-17(15)33-23/h2-9,19,30H,1H3. The van der Waals surface area contributed by atoms with Crippen molar-refractivity contribution in [2.45, 2.75) is 13.0 Å². The Morgan fingerprint density at radius 1 is 1.09 bits per heavy atom. The number of anilines is 1. The highest BCUT2D eigenvalue weighted by Gasteiger charge is 2.46. The van der Waals surface area contributed by atoms with Crippen LogP contribution in [0, 0.1) is 6.92 Å². The van der Waals surface area contributed by atoms with Crippen molar-refractivity contribution >= 4 is 73.2 Å². The topological polar surface area (TPSA) is 83.6 Å². The van der Waals surface area contributed by atoms with Gasteiger partial charge in [0, 0.05) is 5.02 Å². The third kappa shape index (κ3) is 3.71. The lowest BCUT2D eigenvalue weighted by atomic mass is 9.95. The van der Waals surface area contributed by atoms with Gasteiger partial charge in [-0.1, -0.05) is 52.2 Å². The first-order valence-corrected chi connectivity index (χ1v) is 11.6. The summed E-state index contributed by atoms with van der Waals surface area (Å²) in [6.07, 6.45) is 0. The van der Waals surface area contributed by atoms with Gasteiger partial charge in [0.15, 0.2) is 16.7 Å². The normalized spacial score (nSPS) is 16.3. The number of amides is 1. The van der Waals surface area contributed by atoms with Crippen molar-refractivity contribution in [2.24, 2.45) is 0 Å². The molecule has 1 N–H and O–H groups in total. The highest BCUT2D eigenvalue weighted by molar-refractivity contribution is 7.22. The molecule has 10 heteroatoms. The van der Waals surface area contributed by atoms with Crippen LogP contribution in [0.5, 0.6) is 0 Å². The molecule has 6 nitrogen and oxygen atoms in total. The Morgan fingerprint density at radius 3 is 2.58 bits per heavy atom. The molecular formula is C23H13Cl3N2O4S. The fourth-order valence-electron chi connectivity index (χ4n) is 3.71. The van der Waals surface area contributed by atoms with E-state index in [1.807, 2.05) is 0 Å². The number of aliphatic hydroxyl groups excluding tert-OH is 1. The smallest absolute Gasteiger partial charge is 0.296 e. The predicted octanol–water partition coefficient (Wildman–Crippen LogP) is 6.94. The average molecular weight is 520 g/mol. The first-order chi connectivity index (χ1) is 15.7. The van der Waals surface area contributed by atoms with Gasteiger partial charge in [0.1, 0.15) is 5.76 Å². The molecule has 0 saturated heterocycles.